The molecule has 1 fully saturated rings. The lowest BCUT2D eigenvalue weighted by atomic mass is 10.3. The fourth-order valence-corrected chi connectivity index (χ4v) is 2.62. The van der Waals surface area contributed by atoms with Gasteiger partial charge in [-0.1, -0.05) is 6.07 Å². The highest BCUT2D eigenvalue weighted by molar-refractivity contribution is 5.77. The molecule has 3 rings (SSSR count). The number of aromatic nitrogens is 2. The third kappa shape index (κ3) is 2.42. The van der Waals surface area contributed by atoms with Gasteiger partial charge in [0.15, 0.2) is 6.54 Å². The number of amides is 1. The fourth-order valence-electron chi connectivity index (χ4n) is 2.62. The molecule has 3 heterocycles. The summed E-state index contributed by atoms with van der Waals surface area (Å²) in [4.78, 5) is 29.2. The number of hydrogen-bond acceptors (Lipinski definition) is 3. The molecule has 1 aliphatic heterocycles. The summed E-state index contributed by atoms with van der Waals surface area (Å²) in [5.74, 6) is 0.0552. The molecule has 1 atom stereocenters. The Hall–Kier alpha value is -2.21. The maximum Gasteiger partial charge on any atom is 0.275 e. The van der Waals surface area contributed by atoms with Gasteiger partial charge in [0.2, 0.25) is 0 Å². The molecule has 104 valence electrons. The highest BCUT2D eigenvalue weighted by Crippen LogP contribution is 2.02. The third-order valence-electron chi connectivity index (χ3n) is 3.58. The first-order valence-corrected chi connectivity index (χ1v) is 6.72. The van der Waals surface area contributed by atoms with Crippen LogP contribution in [0.3, 0.4) is 0 Å². The quantitative estimate of drug-likeness (QED) is 0.701. The van der Waals surface area contributed by atoms with Crippen molar-refractivity contribution in [2.75, 3.05) is 19.6 Å². The van der Waals surface area contributed by atoms with Gasteiger partial charge in [-0.25, -0.2) is 4.98 Å². The molecule has 1 saturated heterocycles. The van der Waals surface area contributed by atoms with Crippen molar-refractivity contribution in [3.63, 3.8) is 0 Å². The smallest absolute Gasteiger partial charge is 0.275 e. The van der Waals surface area contributed by atoms with Crippen molar-refractivity contribution >= 4 is 11.6 Å². The average molecular weight is 273 g/mol. The molecule has 0 radical (unpaired) electrons. The van der Waals surface area contributed by atoms with Crippen LogP contribution in [0, 0.1) is 6.92 Å². The molecule has 1 aliphatic rings. The molecule has 6 heteroatoms. The number of nitrogens with zero attached hydrogens (tertiary/aromatic N) is 2. The van der Waals surface area contributed by atoms with Crippen LogP contribution in [0.1, 0.15) is 11.4 Å². The maximum absolute atomic E-state index is 12.2. The van der Waals surface area contributed by atoms with Gasteiger partial charge >= 0.3 is 0 Å². The Morgan fingerprint density at radius 1 is 1.40 bits per heavy atom. The van der Waals surface area contributed by atoms with Crippen molar-refractivity contribution in [2.24, 2.45) is 0 Å². The van der Waals surface area contributed by atoms with E-state index in [1.54, 1.807) is 10.5 Å². The molecule has 2 aromatic rings. The van der Waals surface area contributed by atoms with Crippen LogP contribution in [0.2, 0.25) is 0 Å². The van der Waals surface area contributed by atoms with Crippen LogP contribution < -0.4 is 15.8 Å². The first kappa shape index (κ1) is 12.8. The average Bonchev–Trinajstić information content (AvgIpc) is 2.38. The first-order chi connectivity index (χ1) is 9.63. The van der Waals surface area contributed by atoms with Crippen LogP contribution in [0.5, 0.6) is 0 Å². The van der Waals surface area contributed by atoms with E-state index in [1.807, 2.05) is 25.1 Å². The topological polar surface area (TPSA) is 67.9 Å². The molecule has 2 N–H and O–H groups in total. The highest BCUT2D eigenvalue weighted by atomic mass is 16.2. The second kappa shape index (κ2) is 5.05. The minimum atomic E-state index is -0.0658. The number of quaternary nitrogens is 1. The summed E-state index contributed by atoms with van der Waals surface area (Å²) >= 11 is 0. The van der Waals surface area contributed by atoms with Gasteiger partial charge in [0.05, 0.1) is 13.1 Å². The van der Waals surface area contributed by atoms with Crippen LogP contribution >= 0.6 is 0 Å². The minimum absolute atomic E-state index is 0.0552. The van der Waals surface area contributed by atoms with Gasteiger partial charge < -0.3 is 10.2 Å². The van der Waals surface area contributed by atoms with Gasteiger partial charge in [-0.3, -0.25) is 14.0 Å². The number of aryl methyl sites for hydroxylation is 1. The maximum atomic E-state index is 12.2. The van der Waals surface area contributed by atoms with E-state index in [2.05, 4.69) is 10.3 Å². The molecular weight excluding hydrogens is 256 g/mol. The van der Waals surface area contributed by atoms with Gasteiger partial charge in [0.1, 0.15) is 17.9 Å². The molecule has 0 aromatic carbocycles. The number of carbonyl (C=O) groups excluding carboxylic acids is 1. The van der Waals surface area contributed by atoms with E-state index >= 15 is 0 Å². The summed E-state index contributed by atoms with van der Waals surface area (Å²) in [6.45, 7) is 4.47. The number of piperazine rings is 1. The van der Waals surface area contributed by atoms with Crippen LogP contribution in [-0.4, -0.2) is 34.9 Å². The number of rotatable bonds is 2. The Balaban J connectivity index is 1.93. The van der Waals surface area contributed by atoms with Crippen molar-refractivity contribution < 1.29 is 9.69 Å². The zero-order valence-corrected chi connectivity index (χ0v) is 11.3. The van der Waals surface area contributed by atoms with E-state index in [9.17, 15) is 9.59 Å². The fraction of sp³-hybridized carbons (Fsp3) is 0.357. The van der Waals surface area contributed by atoms with Crippen LogP contribution in [0.25, 0.3) is 5.65 Å². The molecule has 2 aromatic heterocycles. The van der Waals surface area contributed by atoms with E-state index in [-0.39, 0.29) is 11.5 Å². The third-order valence-corrected chi connectivity index (χ3v) is 3.58. The standard InChI is InChI=1S/C14H16N4O2/c1-10-3-2-4-12-16-11(7-14(20)18(10)12)8-17-6-5-15-13(19)9-17/h2-4,7H,5-6,8-9H2,1H3,(H,15,19)/p+1. The molecule has 6 nitrogen and oxygen atoms in total. The summed E-state index contributed by atoms with van der Waals surface area (Å²) in [6.07, 6.45) is 0. The second-order valence-electron chi connectivity index (χ2n) is 5.15. The van der Waals surface area contributed by atoms with Crippen LogP contribution in [0.4, 0.5) is 0 Å². The Bertz CT molecular complexity index is 723. The normalized spacial score (nSPS) is 19.1. The number of pyridine rings is 1. The van der Waals surface area contributed by atoms with Gasteiger partial charge in [0.25, 0.3) is 11.5 Å². The van der Waals surface area contributed by atoms with E-state index in [0.29, 0.717) is 25.3 Å². The second-order valence-corrected chi connectivity index (χ2v) is 5.15. The Morgan fingerprint density at radius 3 is 3.05 bits per heavy atom. The van der Waals surface area contributed by atoms with E-state index in [1.165, 1.54) is 0 Å². The number of fused-ring (bicyclic) bond motifs is 1. The molecule has 0 bridgehead atoms. The zero-order chi connectivity index (χ0) is 14.1. The minimum Gasteiger partial charge on any atom is -0.346 e. The van der Waals surface area contributed by atoms with Crippen LogP contribution in [-0.2, 0) is 11.3 Å². The van der Waals surface area contributed by atoms with Gasteiger partial charge in [0, 0.05) is 11.8 Å². The number of carbonyl (C=O) groups is 1. The summed E-state index contributed by atoms with van der Waals surface area (Å²) in [7, 11) is 0. The molecule has 1 unspecified atom stereocenters. The van der Waals surface area contributed by atoms with Crippen molar-refractivity contribution in [2.45, 2.75) is 13.5 Å². The lowest BCUT2D eigenvalue weighted by molar-refractivity contribution is -0.907. The highest BCUT2D eigenvalue weighted by Gasteiger charge is 2.20. The zero-order valence-electron chi connectivity index (χ0n) is 11.3. The van der Waals surface area contributed by atoms with Gasteiger partial charge in [-0.2, -0.15) is 0 Å². The summed E-state index contributed by atoms with van der Waals surface area (Å²) in [5, 5.41) is 2.80. The SMILES string of the molecule is Cc1cccc2nc(C[NH+]3CCNC(=O)C3)cc(=O)n12. The van der Waals surface area contributed by atoms with E-state index in [0.717, 1.165) is 22.8 Å². The van der Waals surface area contributed by atoms with Crippen molar-refractivity contribution in [1.82, 2.24) is 14.7 Å². The van der Waals surface area contributed by atoms with Crippen LogP contribution in [0.15, 0.2) is 29.1 Å². The number of hydrogen-bond donors (Lipinski definition) is 2. The van der Waals surface area contributed by atoms with Crippen molar-refractivity contribution in [3.05, 3.63) is 46.0 Å². The van der Waals surface area contributed by atoms with E-state index in [4.69, 9.17) is 0 Å². The van der Waals surface area contributed by atoms with Gasteiger partial charge in [-0.15, -0.1) is 0 Å². The summed E-state index contributed by atoms with van der Waals surface area (Å²) in [6, 6.07) is 7.17. The largest absolute Gasteiger partial charge is 0.346 e. The van der Waals surface area contributed by atoms with Crippen molar-refractivity contribution in [1.29, 1.82) is 0 Å². The Kier molecular flexibility index (Phi) is 3.23. The Labute approximate surface area is 116 Å². The monoisotopic (exact) mass is 273 g/mol. The molecule has 0 saturated carbocycles. The first-order valence-electron chi connectivity index (χ1n) is 6.72. The Morgan fingerprint density at radius 2 is 2.25 bits per heavy atom. The molecule has 20 heavy (non-hydrogen) atoms. The lowest BCUT2D eigenvalue weighted by Crippen LogP contribution is -3.14. The predicted molar refractivity (Wildman–Crippen MR) is 73.6 cm³/mol. The molecule has 1 amide bonds. The van der Waals surface area contributed by atoms with Crippen molar-refractivity contribution in [3.8, 4) is 0 Å². The molecule has 0 aliphatic carbocycles. The predicted octanol–water partition coefficient (Wildman–Crippen LogP) is -1.48. The van der Waals surface area contributed by atoms with Gasteiger partial charge in [-0.05, 0) is 19.1 Å². The molecular formula is C14H17N4O2+. The summed E-state index contributed by atoms with van der Waals surface area (Å²) in [5.41, 5.74) is 2.21. The van der Waals surface area contributed by atoms with E-state index < -0.39 is 0 Å². The molecule has 0 spiro atoms. The lowest BCUT2D eigenvalue weighted by Gasteiger charge is -2.23. The summed E-state index contributed by atoms with van der Waals surface area (Å²) < 4.78 is 1.60. The number of nitrogens with one attached hydrogen (secondary N) is 2.